The molecule has 1 aliphatic rings. The van der Waals surface area contributed by atoms with Gasteiger partial charge in [-0.3, -0.25) is 4.79 Å². The van der Waals surface area contributed by atoms with E-state index in [1.807, 2.05) is 54.6 Å². The van der Waals surface area contributed by atoms with Crippen molar-refractivity contribution in [2.45, 2.75) is 12.5 Å². The van der Waals surface area contributed by atoms with Gasteiger partial charge in [0.2, 0.25) is 0 Å². The van der Waals surface area contributed by atoms with Crippen LogP contribution in [0.2, 0.25) is 0 Å². The first-order valence-electron chi connectivity index (χ1n) is 11.8. The summed E-state index contributed by atoms with van der Waals surface area (Å²) in [5.74, 6) is 1.65. The second-order valence-electron chi connectivity index (χ2n) is 8.50. The van der Waals surface area contributed by atoms with E-state index < -0.39 is 6.03 Å². The molecule has 0 saturated carbocycles. The lowest BCUT2D eigenvalue weighted by molar-refractivity contribution is -0.133. The highest BCUT2D eigenvalue weighted by Gasteiger charge is 2.34. The number of nitrogens with one attached hydrogen (secondary N) is 1. The predicted molar refractivity (Wildman–Crippen MR) is 141 cm³/mol. The van der Waals surface area contributed by atoms with Crippen molar-refractivity contribution in [1.82, 2.24) is 9.91 Å². The van der Waals surface area contributed by atoms with Gasteiger partial charge in [-0.1, -0.05) is 36.4 Å². The van der Waals surface area contributed by atoms with Crippen LogP contribution in [-0.2, 0) is 4.79 Å². The number of rotatable bonds is 8. The molecule has 1 atom stereocenters. The van der Waals surface area contributed by atoms with E-state index in [4.69, 9.17) is 19.3 Å². The summed E-state index contributed by atoms with van der Waals surface area (Å²) in [7, 11) is 6.31. The number of benzene rings is 3. The van der Waals surface area contributed by atoms with E-state index in [1.54, 1.807) is 39.5 Å². The fourth-order valence-corrected chi connectivity index (χ4v) is 4.11. The smallest absolute Gasteiger partial charge is 0.322 e. The normalized spacial score (nSPS) is 14.5. The Balaban J connectivity index is 1.55. The maximum Gasteiger partial charge on any atom is 0.322 e. The molecule has 0 spiro atoms. The summed E-state index contributed by atoms with van der Waals surface area (Å²) in [5, 5.41) is 8.94. The summed E-state index contributed by atoms with van der Waals surface area (Å²) in [4.78, 5) is 27.6. The van der Waals surface area contributed by atoms with Crippen LogP contribution in [0.1, 0.15) is 23.6 Å². The molecule has 0 aliphatic carbocycles. The van der Waals surface area contributed by atoms with E-state index in [2.05, 4.69) is 5.32 Å². The molecule has 0 bridgehead atoms. The van der Waals surface area contributed by atoms with Gasteiger partial charge in [0.05, 0.1) is 38.8 Å². The molecule has 3 aromatic rings. The largest absolute Gasteiger partial charge is 0.497 e. The number of hydrogen-bond acceptors (Lipinski definition) is 6. The summed E-state index contributed by atoms with van der Waals surface area (Å²) in [5.41, 5.74) is 3.06. The SMILES string of the molecule is COc1ccc([C@@H]2CC(c3cccc(OC)c3)=NN2C(=O)CN(C)C(=O)Nc2ccccc2OC)cc1. The van der Waals surface area contributed by atoms with Crippen molar-refractivity contribution in [3.8, 4) is 17.2 Å². The Kier molecular flexibility index (Phi) is 7.92. The second-order valence-corrected chi connectivity index (χ2v) is 8.50. The van der Waals surface area contributed by atoms with Crippen LogP contribution < -0.4 is 19.5 Å². The molecule has 0 fully saturated rings. The number of methoxy groups -OCH3 is 3. The van der Waals surface area contributed by atoms with E-state index in [9.17, 15) is 9.59 Å². The van der Waals surface area contributed by atoms with Crippen molar-refractivity contribution in [3.63, 3.8) is 0 Å². The maximum absolute atomic E-state index is 13.5. The number of para-hydroxylation sites is 2. The summed E-state index contributed by atoms with van der Waals surface area (Å²) in [6.45, 7) is -0.164. The van der Waals surface area contributed by atoms with Crippen molar-refractivity contribution in [1.29, 1.82) is 0 Å². The highest BCUT2D eigenvalue weighted by molar-refractivity contribution is 6.04. The fraction of sp³-hybridized carbons (Fsp3) is 0.250. The third-order valence-corrected chi connectivity index (χ3v) is 6.14. The molecule has 3 aromatic carbocycles. The van der Waals surface area contributed by atoms with Gasteiger partial charge in [0.25, 0.3) is 5.91 Å². The molecule has 9 nitrogen and oxygen atoms in total. The number of carbonyl (C=O) groups excluding carboxylic acids is 2. The molecule has 1 aliphatic heterocycles. The first-order chi connectivity index (χ1) is 17.9. The molecular weight excluding hydrogens is 472 g/mol. The van der Waals surface area contributed by atoms with E-state index in [0.29, 0.717) is 23.6 Å². The van der Waals surface area contributed by atoms with Crippen molar-refractivity contribution in [2.75, 3.05) is 40.2 Å². The number of urea groups is 1. The number of nitrogens with zero attached hydrogens (tertiary/aromatic N) is 3. The zero-order chi connectivity index (χ0) is 26.4. The second kappa shape index (κ2) is 11.5. The molecule has 192 valence electrons. The van der Waals surface area contributed by atoms with Crippen molar-refractivity contribution >= 4 is 23.3 Å². The van der Waals surface area contributed by atoms with Gasteiger partial charge in [-0.2, -0.15) is 5.10 Å². The van der Waals surface area contributed by atoms with Crippen LogP contribution in [0.15, 0.2) is 77.9 Å². The molecule has 0 aromatic heterocycles. The van der Waals surface area contributed by atoms with Crippen LogP contribution in [0.4, 0.5) is 10.5 Å². The Hall–Kier alpha value is -4.53. The van der Waals surface area contributed by atoms with Gasteiger partial charge in [-0.15, -0.1) is 0 Å². The zero-order valence-corrected chi connectivity index (χ0v) is 21.3. The molecule has 3 amide bonds. The average Bonchev–Trinajstić information content (AvgIpc) is 3.39. The summed E-state index contributed by atoms with van der Waals surface area (Å²) < 4.78 is 15.9. The highest BCUT2D eigenvalue weighted by atomic mass is 16.5. The van der Waals surface area contributed by atoms with Crippen LogP contribution in [0.25, 0.3) is 0 Å². The lowest BCUT2D eigenvalue weighted by Gasteiger charge is -2.25. The quantitative estimate of drug-likeness (QED) is 0.488. The van der Waals surface area contributed by atoms with Gasteiger partial charge in [0.15, 0.2) is 0 Å². The Morgan fingerprint density at radius 2 is 1.68 bits per heavy atom. The molecule has 4 rings (SSSR count). The molecule has 1 heterocycles. The number of amides is 3. The van der Waals surface area contributed by atoms with Crippen molar-refractivity contribution < 1.29 is 23.8 Å². The zero-order valence-electron chi connectivity index (χ0n) is 21.3. The number of hydrazone groups is 1. The lowest BCUT2D eigenvalue weighted by atomic mass is 9.98. The summed E-state index contributed by atoms with van der Waals surface area (Å²) in [6.07, 6.45) is 0.516. The Morgan fingerprint density at radius 1 is 0.946 bits per heavy atom. The monoisotopic (exact) mass is 502 g/mol. The Morgan fingerprint density at radius 3 is 2.38 bits per heavy atom. The first-order valence-corrected chi connectivity index (χ1v) is 11.8. The highest BCUT2D eigenvalue weighted by Crippen LogP contribution is 2.34. The van der Waals surface area contributed by atoms with E-state index in [0.717, 1.165) is 22.6 Å². The molecule has 9 heteroatoms. The number of anilines is 1. The summed E-state index contributed by atoms with van der Waals surface area (Å²) >= 11 is 0. The minimum Gasteiger partial charge on any atom is -0.497 e. The molecule has 1 N–H and O–H groups in total. The van der Waals surface area contributed by atoms with Gasteiger partial charge in [-0.05, 0) is 42.0 Å². The molecule has 0 unspecified atom stereocenters. The summed E-state index contributed by atoms with van der Waals surface area (Å²) in [6, 6.07) is 21.5. The molecule has 0 radical (unpaired) electrons. The third-order valence-electron chi connectivity index (χ3n) is 6.14. The van der Waals surface area contributed by atoms with Crippen LogP contribution in [0, 0.1) is 0 Å². The van der Waals surface area contributed by atoms with Crippen LogP contribution >= 0.6 is 0 Å². The van der Waals surface area contributed by atoms with Gasteiger partial charge in [0, 0.05) is 19.0 Å². The van der Waals surface area contributed by atoms with E-state index >= 15 is 0 Å². The van der Waals surface area contributed by atoms with Crippen LogP contribution in [-0.4, -0.2) is 62.5 Å². The number of hydrogen-bond donors (Lipinski definition) is 1. The van der Waals surface area contributed by atoms with Gasteiger partial charge >= 0.3 is 6.03 Å². The molecular formula is C28H30N4O5. The third kappa shape index (κ3) is 5.83. The molecule has 37 heavy (non-hydrogen) atoms. The van der Waals surface area contributed by atoms with E-state index in [-0.39, 0.29) is 18.5 Å². The van der Waals surface area contributed by atoms with Crippen molar-refractivity contribution in [3.05, 3.63) is 83.9 Å². The Labute approximate surface area is 216 Å². The lowest BCUT2D eigenvalue weighted by Crippen LogP contribution is -2.41. The maximum atomic E-state index is 13.5. The number of likely N-dealkylation sites (N-methyl/N-ethyl adjacent to an activating group) is 1. The minimum atomic E-state index is -0.435. The van der Waals surface area contributed by atoms with Crippen LogP contribution in [0.3, 0.4) is 0 Å². The average molecular weight is 503 g/mol. The fourth-order valence-electron chi connectivity index (χ4n) is 4.11. The topological polar surface area (TPSA) is 92.7 Å². The number of ether oxygens (including phenoxy) is 3. The van der Waals surface area contributed by atoms with E-state index in [1.165, 1.54) is 17.0 Å². The van der Waals surface area contributed by atoms with Gasteiger partial charge in [0.1, 0.15) is 23.8 Å². The minimum absolute atomic E-state index is 0.164. The predicted octanol–water partition coefficient (Wildman–Crippen LogP) is 4.55. The first kappa shape index (κ1) is 25.6. The van der Waals surface area contributed by atoms with Crippen molar-refractivity contribution in [2.24, 2.45) is 5.10 Å². The standard InChI is InChI=1S/C28H30N4O5/c1-31(28(34)29-23-10-5-6-11-26(23)37-4)18-27(33)32-25(19-12-14-21(35-2)15-13-19)17-24(30-32)20-8-7-9-22(16-20)36-3/h5-16,25H,17-18H2,1-4H3,(H,29,34)/t25-/m0/s1. The Bertz CT molecular complexity index is 1290. The number of carbonyl (C=O) groups is 2. The molecule has 0 saturated heterocycles. The van der Waals surface area contributed by atoms with Crippen LogP contribution in [0.5, 0.6) is 17.2 Å². The van der Waals surface area contributed by atoms with Gasteiger partial charge < -0.3 is 24.4 Å². The van der Waals surface area contributed by atoms with Gasteiger partial charge in [-0.25, -0.2) is 9.80 Å².